The molecular weight excluding hydrogens is 1740 g/mol. The fraction of sp³-hybridized carbons (Fsp3) is 0.0672. The Morgan fingerprint density at radius 3 is 0.965 bits per heavy atom. The van der Waals surface area contributed by atoms with Gasteiger partial charge in [-0.15, -0.1) is 0 Å². The van der Waals surface area contributed by atoms with E-state index in [4.69, 9.17) is 29.9 Å². The zero-order valence-electron chi connectivity index (χ0n) is 80.1. The molecule has 26 rings (SSSR count). The maximum absolute atomic E-state index is 5.15. The monoisotopic (exact) mass is 1830 g/mol. The zero-order chi connectivity index (χ0) is 96.3. The molecule has 6 heterocycles. The van der Waals surface area contributed by atoms with Gasteiger partial charge in [-0.05, 0) is 246 Å². The molecule has 0 atom stereocenters. The average molecular weight is 1830 g/mol. The number of pyridine rings is 3. The first-order valence-electron chi connectivity index (χ1n) is 48.9. The van der Waals surface area contributed by atoms with Crippen molar-refractivity contribution in [2.75, 3.05) is 0 Å². The van der Waals surface area contributed by atoms with Crippen LogP contribution < -0.4 is 0 Å². The second-order valence-electron chi connectivity index (χ2n) is 38.8. The first kappa shape index (κ1) is 87.7. The van der Waals surface area contributed by atoms with Crippen molar-refractivity contribution in [3.8, 4) is 202 Å². The first-order valence-corrected chi connectivity index (χ1v) is 48.9. The van der Waals surface area contributed by atoms with Gasteiger partial charge >= 0.3 is 0 Å². The molecule has 9 nitrogen and oxygen atoms in total. The highest BCUT2D eigenvalue weighted by atomic mass is 14.9. The van der Waals surface area contributed by atoms with E-state index >= 15 is 0 Å². The predicted molar refractivity (Wildman–Crippen MR) is 589 cm³/mol. The van der Waals surface area contributed by atoms with Crippen LogP contribution in [0.4, 0.5) is 0 Å². The smallest absolute Gasteiger partial charge is 0.160 e. The van der Waals surface area contributed by atoms with Crippen molar-refractivity contribution in [2.45, 2.75) is 57.8 Å². The summed E-state index contributed by atoms with van der Waals surface area (Å²) in [5.41, 5.74) is 44.4. The van der Waals surface area contributed by atoms with Crippen molar-refractivity contribution in [1.82, 2.24) is 44.9 Å². The Kier molecular flexibility index (Phi) is 22.5. The van der Waals surface area contributed by atoms with Crippen LogP contribution in [0, 0.1) is 0 Å². The third kappa shape index (κ3) is 16.7. The molecule has 0 saturated heterocycles. The van der Waals surface area contributed by atoms with Crippen LogP contribution in [0.1, 0.15) is 74.9 Å². The Morgan fingerprint density at radius 2 is 0.483 bits per heavy atom. The fourth-order valence-electron chi connectivity index (χ4n) is 21.4. The van der Waals surface area contributed by atoms with E-state index in [1.165, 1.54) is 122 Å². The van der Waals surface area contributed by atoms with Crippen molar-refractivity contribution >= 4 is 21.5 Å². The van der Waals surface area contributed by atoms with Gasteiger partial charge in [0, 0.05) is 103 Å². The van der Waals surface area contributed by atoms with Crippen LogP contribution in [0.25, 0.3) is 223 Å². The van der Waals surface area contributed by atoms with Crippen molar-refractivity contribution < 1.29 is 0 Å². The molecule has 0 N–H and O–H groups in total. The van der Waals surface area contributed by atoms with Crippen molar-refractivity contribution in [3.05, 3.63) is 513 Å². The molecule has 0 saturated carbocycles. The lowest BCUT2D eigenvalue weighted by Gasteiger charge is -2.23. The molecular formula is C134H97N9. The first-order chi connectivity index (χ1) is 70.1. The van der Waals surface area contributed by atoms with E-state index in [-0.39, 0.29) is 16.2 Å². The molecule has 9 heteroatoms. The number of nitrogens with zero attached hydrogens (tertiary/aromatic N) is 9. The molecule has 0 unspecified atom stereocenters. The van der Waals surface area contributed by atoms with Crippen molar-refractivity contribution in [1.29, 1.82) is 0 Å². The highest BCUT2D eigenvalue weighted by Gasteiger charge is 2.40. The van der Waals surface area contributed by atoms with E-state index in [0.29, 0.717) is 17.5 Å². The van der Waals surface area contributed by atoms with Gasteiger partial charge in [-0.3, -0.25) is 15.0 Å². The van der Waals surface area contributed by atoms with Gasteiger partial charge in [-0.1, -0.05) is 393 Å². The number of rotatable bonds is 15. The van der Waals surface area contributed by atoms with Crippen LogP contribution in [0.2, 0.25) is 0 Å². The largest absolute Gasteiger partial charge is 0.265 e. The van der Waals surface area contributed by atoms with Crippen LogP contribution in [0.15, 0.2) is 480 Å². The van der Waals surface area contributed by atoms with Gasteiger partial charge in [0.05, 0.1) is 34.2 Å². The molecule has 0 fully saturated rings. The number of aromatic nitrogens is 9. The molecule has 23 aromatic rings. The maximum Gasteiger partial charge on any atom is 0.160 e. The second kappa shape index (κ2) is 36.7. The highest BCUT2D eigenvalue weighted by Crippen LogP contribution is 2.56. The Bertz CT molecular complexity index is 8790. The lowest BCUT2D eigenvalue weighted by molar-refractivity contribution is 0.660. The zero-order valence-corrected chi connectivity index (χ0v) is 80.1. The summed E-state index contributed by atoms with van der Waals surface area (Å²) < 4.78 is 0. The van der Waals surface area contributed by atoms with E-state index in [2.05, 4.69) is 445 Å². The van der Waals surface area contributed by atoms with Crippen LogP contribution in [0.3, 0.4) is 0 Å². The number of hydrogen-bond donors (Lipinski definition) is 0. The van der Waals surface area contributed by atoms with Crippen molar-refractivity contribution in [2.24, 2.45) is 0 Å². The van der Waals surface area contributed by atoms with Crippen LogP contribution in [-0.2, 0) is 16.2 Å². The van der Waals surface area contributed by atoms with Gasteiger partial charge in [0.25, 0.3) is 0 Å². The van der Waals surface area contributed by atoms with Gasteiger partial charge in [-0.2, -0.15) is 0 Å². The Balaban J connectivity index is 0.000000116. The van der Waals surface area contributed by atoms with Gasteiger partial charge in [-0.25, -0.2) is 29.9 Å². The molecule has 143 heavy (non-hydrogen) atoms. The van der Waals surface area contributed by atoms with Gasteiger partial charge in [0.15, 0.2) is 17.5 Å². The standard InChI is InChI=1S/2C46H33N3.C42H31N3/c1-46(2)41-27-35(22-23-39(41)40-24-21-32-12-6-7-16-38(32)44(40)46)34-13-8-14-36(26-34)42-28-43(37-15-9-25-47-29-37)49-45(48-42)33-19-17-31(18-20-33)30-10-4-3-5-11-30;1-46(2)40-22-20-32-11-6-7-14-38(32)44(40)39-21-19-36(28-41(39)46)35-12-8-13-37(27-35)43-29-42(33-23-25-47-26-24-33)48-45(49-43)34-17-15-31(16-18-34)30-9-4-3-5-10-30;1-42(2)37-16-7-6-15-35(37)36-25-32(21-22-38(36)42)31-12-8-13-33(24-31)39-26-40(34-14-9-23-43-27-34)45-41(44-39)30-19-17-29(18-20-30)28-10-4-3-5-11-28/h2*3-29H,1-2H3;3-27H,1-2H3. The maximum atomic E-state index is 5.15. The highest BCUT2D eigenvalue weighted by molar-refractivity contribution is 6.04. The molecule has 0 amide bonds. The molecule has 6 aromatic heterocycles. The van der Waals surface area contributed by atoms with E-state index in [9.17, 15) is 0 Å². The predicted octanol–water partition coefficient (Wildman–Crippen LogP) is 33.8. The third-order valence-corrected chi connectivity index (χ3v) is 29.0. The number of fused-ring (bicyclic) bond motifs is 13. The van der Waals surface area contributed by atoms with Crippen LogP contribution in [-0.4, -0.2) is 44.9 Å². The molecule has 678 valence electrons. The Hall–Kier alpha value is -18.1. The topological polar surface area (TPSA) is 116 Å². The summed E-state index contributed by atoms with van der Waals surface area (Å²) >= 11 is 0. The average Bonchev–Trinajstić information content (AvgIpc) is 1.57. The minimum absolute atomic E-state index is 0.00827. The summed E-state index contributed by atoms with van der Waals surface area (Å²) in [5.74, 6) is 2.07. The number of hydrogen-bond acceptors (Lipinski definition) is 9. The summed E-state index contributed by atoms with van der Waals surface area (Å²) in [7, 11) is 0. The summed E-state index contributed by atoms with van der Waals surface area (Å²) in [5, 5.41) is 5.23. The molecule has 0 spiro atoms. The molecule has 17 aromatic carbocycles. The third-order valence-electron chi connectivity index (χ3n) is 29.0. The minimum Gasteiger partial charge on any atom is -0.265 e. The Morgan fingerprint density at radius 1 is 0.161 bits per heavy atom. The number of benzene rings is 17. The SMILES string of the molecule is CC1(C)c2cc(-c3cccc(-c4cc(-c5cccnc5)nc(-c5ccc(-c6ccccc6)cc5)n4)c3)ccc2-c2ccc3ccccc3c21.CC1(C)c2cc(-c3cccc(-c4cc(-c5ccncc5)nc(-c5ccc(-c6ccccc6)cc5)n4)c3)ccc2-c2c1ccc1ccccc21.CC1(C)c2ccccc2-c2cc(-c3cccc(-c4cc(-c5cccnc5)nc(-c5ccc(-c6ccccc6)cc5)n4)c3)ccc21. The van der Waals surface area contributed by atoms with Crippen molar-refractivity contribution in [3.63, 3.8) is 0 Å². The molecule has 3 aliphatic rings. The normalized spacial score (nSPS) is 12.9. The van der Waals surface area contributed by atoms with Crippen LogP contribution >= 0.6 is 0 Å². The summed E-state index contributed by atoms with van der Waals surface area (Å²) in [6.07, 6.45) is 10.9. The Labute approximate surface area is 833 Å². The van der Waals surface area contributed by atoms with Crippen LogP contribution in [0.5, 0.6) is 0 Å². The quantitative estimate of drug-likeness (QED) is 0.0989. The second-order valence-corrected chi connectivity index (χ2v) is 38.8. The summed E-state index contributed by atoms with van der Waals surface area (Å²) in [4.78, 5) is 43.4. The summed E-state index contributed by atoms with van der Waals surface area (Å²) in [6.45, 7) is 14.1. The molecule has 0 radical (unpaired) electrons. The van der Waals surface area contributed by atoms with E-state index in [1.54, 1.807) is 12.4 Å². The minimum atomic E-state index is -0.116. The van der Waals surface area contributed by atoms with E-state index < -0.39 is 0 Å². The van der Waals surface area contributed by atoms with Gasteiger partial charge in [0.2, 0.25) is 0 Å². The fourth-order valence-corrected chi connectivity index (χ4v) is 21.4. The lowest BCUT2D eigenvalue weighted by atomic mass is 9.79. The molecule has 3 aliphatic carbocycles. The van der Waals surface area contributed by atoms with E-state index in [0.717, 1.165) is 118 Å². The lowest BCUT2D eigenvalue weighted by Crippen LogP contribution is -2.15. The van der Waals surface area contributed by atoms with Gasteiger partial charge < -0.3 is 0 Å². The van der Waals surface area contributed by atoms with Gasteiger partial charge in [0.1, 0.15) is 0 Å². The van der Waals surface area contributed by atoms with E-state index in [1.807, 2.05) is 79.4 Å². The molecule has 0 bridgehead atoms. The molecule has 0 aliphatic heterocycles. The summed E-state index contributed by atoms with van der Waals surface area (Å²) in [6, 6.07) is 157.